The summed E-state index contributed by atoms with van der Waals surface area (Å²) >= 11 is 0. The molecule has 0 saturated heterocycles. The first-order valence-electron chi connectivity index (χ1n) is 22.1. The van der Waals surface area contributed by atoms with Crippen LogP contribution >= 0.6 is 0 Å². The summed E-state index contributed by atoms with van der Waals surface area (Å²) in [5.74, 6) is 1.57. The molecule has 8 aromatic carbocycles. The summed E-state index contributed by atoms with van der Waals surface area (Å²) in [6.45, 7) is 18.0. The topological polar surface area (TPSA) is 12.5 Å². The Hall–Kier alpha value is -7.42. The third-order valence-corrected chi connectivity index (χ3v) is 14.7. The average molecular weight is 810 g/mol. The van der Waals surface area contributed by atoms with Gasteiger partial charge in [0.1, 0.15) is 11.5 Å². The van der Waals surface area contributed by atoms with Gasteiger partial charge >= 0.3 is 0 Å². The van der Waals surface area contributed by atoms with E-state index in [1.807, 2.05) is 12.2 Å². The van der Waals surface area contributed by atoms with Crippen molar-refractivity contribution in [2.45, 2.75) is 43.9 Å². The fourth-order valence-electron chi connectivity index (χ4n) is 11.7. The molecule has 12 rings (SSSR count). The Bertz CT molecular complexity index is 3150. The van der Waals surface area contributed by atoms with Crippen LogP contribution in [0.15, 0.2) is 213 Å². The minimum absolute atomic E-state index is 0.125. The number of allylic oxidation sites excluding steroid dienone is 3. The molecule has 8 aromatic rings. The van der Waals surface area contributed by atoms with E-state index in [0.29, 0.717) is 0 Å². The Labute approximate surface area is 370 Å². The van der Waals surface area contributed by atoms with Crippen molar-refractivity contribution in [1.29, 1.82) is 0 Å². The van der Waals surface area contributed by atoms with Gasteiger partial charge in [-0.15, -0.1) is 0 Å². The van der Waals surface area contributed by atoms with Gasteiger partial charge in [0.15, 0.2) is 0 Å². The summed E-state index contributed by atoms with van der Waals surface area (Å²) in [6.07, 6.45) is 3.79. The fraction of sp³-hybridized carbons (Fsp3) is 0.115. The highest BCUT2D eigenvalue weighted by atomic mass is 16.5. The van der Waals surface area contributed by atoms with E-state index in [4.69, 9.17) is 4.74 Å². The molecule has 0 fully saturated rings. The monoisotopic (exact) mass is 809 g/mol. The molecule has 1 heterocycles. The zero-order valence-electron chi connectivity index (χ0n) is 36.2. The number of benzene rings is 8. The molecule has 0 unspecified atom stereocenters. The number of nitrogens with zero attached hydrogens (tertiary/aromatic N) is 1. The molecule has 0 bridgehead atoms. The van der Waals surface area contributed by atoms with Crippen molar-refractivity contribution in [1.82, 2.24) is 0 Å². The number of hydrogen-bond acceptors (Lipinski definition) is 2. The van der Waals surface area contributed by atoms with Gasteiger partial charge in [-0.25, -0.2) is 0 Å². The van der Waals surface area contributed by atoms with Crippen LogP contribution in [0.3, 0.4) is 0 Å². The number of anilines is 3. The third-order valence-electron chi connectivity index (χ3n) is 14.7. The molecule has 0 aromatic heterocycles. The molecule has 1 aliphatic heterocycles. The van der Waals surface area contributed by atoms with E-state index in [9.17, 15) is 0 Å². The minimum atomic E-state index is -0.610. The summed E-state index contributed by atoms with van der Waals surface area (Å²) in [5, 5.41) is 0. The van der Waals surface area contributed by atoms with E-state index in [2.05, 4.69) is 222 Å². The lowest BCUT2D eigenvalue weighted by Gasteiger charge is -2.40. The van der Waals surface area contributed by atoms with E-state index in [-0.39, 0.29) is 10.8 Å². The molecular weight excluding hydrogens is 763 g/mol. The summed E-state index contributed by atoms with van der Waals surface area (Å²) < 4.78 is 6.66. The van der Waals surface area contributed by atoms with Crippen LogP contribution in [0.2, 0.25) is 0 Å². The third kappa shape index (κ3) is 5.01. The van der Waals surface area contributed by atoms with Crippen LogP contribution in [0.4, 0.5) is 17.1 Å². The lowest BCUT2D eigenvalue weighted by Crippen LogP contribution is -2.34. The maximum atomic E-state index is 6.66. The van der Waals surface area contributed by atoms with Crippen molar-refractivity contribution in [3.05, 3.63) is 252 Å². The highest BCUT2D eigenvalue weighted by Crippen LogP contribution is 2.61. The van der Waals surface area contributed by atoms with Crippen LogP contribution in [0.1, 0.15) is 66.6 Å². The molecule has 3 aliphatic carbocycles. The van der Waals surface area contributed by atoms with Crippen molar-refractivity contribution >= 4 is 17.1 Å². The molecule has 63 heavy (non-hydrogen) atoms. The maximum absolute atomic E-state index is 6.66. The van der Waals surface area contributed by atoms with E-state index in [1.54, 1.807) is 0 Å². The molecule has 0 amide bonds. The fourth-order valence-corrected chi connectivity index (χ4v) is 11.7. The summed E-state index contributed by atoms with van der Waals surface area (Å²) in [7, 11) is 0. The predicted octanol–water partition coefficient (Wildman–Crippen LogP) is 15.8. The van der Waals surface area contributed by atoms with Gasteiger partial charge in [0, 0.05) is 39.0 Å². The normalized spacial score (nSPS) is 15.9. The Balaban J connectivity index is 1.01. The molecule has 302 valence electrons. The molecule has 2 heteroatoms. The average Bonchev–Trinajstić information content (AvgIpc) is 3.84. The van der Waals surface area contributed by atoms with Gasteiger partial charge in [-0.3, -0.25) is 0 Å². The van der Waals surface area contributed by atoms with Gasteiger partial charge in [0.25, 0.3) is 0 Å². The quantitative estimate of drug-likeness (QED) is 0.166. The van der Waals surface area contributed by atoms with E-state index in [0.717, 1.165) is 50.8 Å². The Kier molecular flexibility index (Phi) is 7.88. The maximum Gasteiger partial charge on any atom is 0.132 e. The number of fused-ring (bicyclic) bond motifs is 13. The molecule has 4 aliphatic rings. The first-order chi connectivity index (χ1) is 30.7. The van der Waals surface area contributed by atoms with Gasteiger partial charge in [0.2, 0.25) is 0 Å². The summed E-state index contributed by atoms with van der Waals surface area (Å²) in [6, 6.07) is 65.2. The second kappa shape index (κ2) is 13.3. The Morgan fingerprint density at radius 3 is 1.32 bits per heavy atom. The summed E-state index contributed by atoms with van der Waals surface area (Å²) in [4.78, 5) is 2.45. The molecule has 0 radical (unpaired) electrons. The van der Waals surface area contributed by atoms with Gasteiger partial charge in [-0.2, -0.15) is 0 Å². The van der Waals surface area contributed by atoms with Gasteiger partial charge < -0.3 is 9.64 Å². The number of rotatable bonds is 6. The second-order valence-corrected chi connectivity index (χ2v) is 18.5. The van der Waals surface area contributed by atoms with Gasteiger partial charge in [-0.05, 0) is 132 Å². The smallest absolute Gasteiger partial charge is 0.132 e. The van der Waals surface area contributed by atoms with Crippen molar-refractivity contribution in [2.75, 3.05) is 4.90 Å². The molecule has 1 spiro atoms. The molecule has 0 N–H and O–H groups in total. The van der Waals surface area contributed by atoms with Crippen LogP contribution in [-0.2, 0) is 16.2 Å². The molecule has 0 saturated carbocycles. The van der Waals surface area contributed by atoms with Gasteiger partial charge in [0.05, 0.1) is 5.41 Å². The lowest BCUT2D eigenvalue weighted by atomic mass is 9.65. The number of hydrogen-bond donors (Lipinski definition) is 0. The zero-order chi connectivity index (χ0) is 42.8. The van der Waals surface area contributed by atoms with Crippen LogP contribution < -0.4 is 9.64 Å². The lowest BCUT2D eigenvalue weighted by molar-refractivity contribution is 0.403. The molecule has 2 nitrogen and oxygen atoms in total. The first kappa shape index (κ1) is 37.4. The van der Waals surface area contributed by atoms with E-state index < -0.39 is 5.41 Å². The predicted molar refractivity (Wildman–Crippen MR) is 261 cm³/mol. The van der Waals surface area contributed by atoms with E-state index in [1.165, 1.54) is 66.8 Å². The van der Waals surface area contributed by atoms with Crippen molar-refractivity contribution in [2.24, 2.45) is 0 Å². The minimum Gasteiger partial charge on any atom is -0.457 e. The van der Waals surface area contributed by atoms with Crippen molar-refractivity contribution < 1.29 is 4.74 Å². The van der Waals surface area contributed by atoms with Gasteiger partial charge in [-0.1, -0.05) is 174 Å². The number of ether oxygens (including phenoxy) is 1. The Morgan fingerprint density at radius 1 is 0.397 bits per heavy atom. The largest absolute Gasteiger partial charge is 0.457 e. The molecule has 0 atom stereocenters. The Morgan fingerprint density at radius 2 is 0.825 bits per heavy atom. The van der Waals surface area contributed by atoms with Crippen molar-refractivity contribution in [3.8, 4) is 50.3 Å². The van der Waals surface area contributed by atoms with E-state index >= 15 is 0 Å². The zero-order valence-corrected chi connectivity index (χ0v) is 36.2. The highest BCUT2D eigenvalue weighted by Gasteiger charge is 2.51. The second-order valence-electron chi connectivity index (χ2n) is 18.5. The van der Waals surface area contributed by atoms with Crippen molar-refractivity contribution in [3.63, 3.8) is 0 Å². The first-order valence-corrected chi connectivity index (χ1v) is 22.1. The highest BCUT2D eigenvalue weighted by molar-refractivity contribution is 5.91. The van der Waals surface area contributed by atoms with Crippen LogP contribution in [0.25, 0.3) is 44.5 Å². The standard InChI is InChI=1S/C61H47NO/c1-7-49-57(8-2)63-58-34-27-39(35-56(58)61(49)52-23-15-11-19-45(52)46-20-12-16-24-53(46)61)38-25-28-40(29-26-38)62(41-30-32-47-43-17-9-13-21-50(43)59(3,4)54(47)36-41)42-31-33-48-44-18-10-14-22-51(44)60(5,6)55(48)37-42/h7-37H,1-2H2,3-6H3. The van der Waals surface area contributed by atoms with Crippen LogP contribution in [0, 0.1) is 0 Å². The molecular formula is C61H47NO. The van der Waals surface area contributed by atoms with Crippen LogP contribution in [0.5, 0.6) is 5.75 Å². The van der Waals surface area contributed by atoms with Crippen LogP contribution in [-0.4, -0.2) is 0 Å². The summed E-state index contributed by atoms with van der Waals surface area (Å²) in [5.41, 5.74) is 22.6. The SMILES string of the molecule is C=CC1=C(C=C)C2(c3cc(-c4ccc(N(c5ccc6c(c5)C(C)(C)c5ccccc5-6)c5ccc6c(c5)C(C)(C)c5ccccc5-6)cc4)ccc3O1)c1ccccc1-c1ccccc12.